The van der Waals surface area contributed by atoms with Crippen LogP contribution in [0.2, 0.25) is 0 Å². The molecule has 2 aromatic carbocycles. The molecule has 9 nitrogen and oxygen atoms in total. The van der Waals surface area contributed by atoms with Crippen LogP contribution in [0.1, 0.15) is 15.9 Å². The Labute approximate surface area is 149 Å². The van der Waals surface area contributed by atoms with E-state index in [2.05, 4.69) is 10.5 Å². The van der Waals surface area contributed by atoms with Gasteiger partial charge in [0.1, 0.15) is 5.75 Å². The summed E-state index contributed by atoms with van der Waals surface area (Å²) < 4.78 is 15.3. The predicted octanol–water partition coefficient (Wildman–Crippen LogP) is 2.38. The molecule has 0 unspecified atom stereocenters. The van der Waals surface area contributed by atoms with Crippen molar-refractivity contribution in [3.8, 4) is 17.2 Å². The standard InChI is InChI=1S/C17H17N3O6/c1-24-14-7-5-4-6-12(14)17(21)19-18-10-11-8-15(25-2)16(26-3)9-13(11)20(22)23/h4-10H,1-3H3,(H,19,21). The molecule has 9 heteroatoms. The summed E-state index contributed by atoms with van der Waals surface area (Å²) in [4.78, 5) is 22.8. The second kappa shape index (κ2) is 8.47. The lowest BCUT2D eigenvalue weighted by Crippen LogP contribution is -2.18. The van der Waals surface area contributed by atoms with Gasteiger partial charge in [-0.3, -0.25) is 14.9 Å². The first-order valence-electron chi connectivity index (χ1n) is 7.38. The Bertz CT molecular complexity index is 850. The van der Waals surface area contributed by atoms with Crippen molar-refractivity contribution in [2.75, 3.05) is 21.3 Å². The number of nitrogens with zero attached hydrogens (tertiary/aromatic N) is 2. The van der Waals surface area contributed by atoms with E-state index in [1.165, 1.54) is 33.5 Å². The van der Waals surface area contributed by atoms with Crippen LogP contribution in [0.25, 0.3) is 0 Å². The zero-order valence-electron chi connectivity index (χ0n) is 14.4. The number of ether oxygens (including phenoxy) is 3. The van der Waals surface area contributed by atoms with Crippen molar-refractivity contribution < 1.29 is 23.9 Å². The average Bonchev–Trinajstić information content (AvgIpc) is 2.66. The van der Waals surface area contributed by atoms with Crippen molar-refractivity contribution >= 4 is 17.8 Å². The molecular weight excluding hydrogens is 342 g/mol. The highest BCUT2D eigenvalue weighted by atomic mass is 16.6. The summed E-state index contributed by atoms with van der Waals surface area (Å²) >= 11 is 0. The minimum absolute atomic E-state index is 0.146. The monoisotopic (exact) mass is 359 g/mol. The molecule has 0 aliphatic rings. The fraction of sp³-hybridized carbons (Fsp3) is 0.176. The van der Waals surface area contributed by atoms with Gasteiger partial charge in [0.05, 0.1) is 49.7 Å². The summed E-state index contributed by atoms with van der Waals surface area (Å²) in [5.74, 6) is 0.393. The molecule has 136 valence electrons. The number of carbonyl (C=O) groups excluding carboxylic acids is 1. The van der Waals surface area contributed by atoms with Crippen LogP contribution in [0.3, 0.4) is 0 Å². The van der Waals surface area contributed by atoms with Crippen LogP contribution in [-0.2, 0) is 0 Å². The van der Waals surface area contributed by atoms with Crippen molar-refractivity contribution in [2.24, 2.45) is 5.10 Å². The fourth-order valence-corrected chi connectivity index (χ4v) is 2.20. The van der Waals surface area contributed by atoms with Crippen LogP contribution in [0.15, 0.2) is 41.5 Å². The summed E-state index contributed by atoms with van der Waals surface area (Å²) in [6.07, 6.45) is 1.16. The van der Waals surface area contributed by atoms with Crippen LogP contribution >= 0.6 is 0 Å². The maximum absolute atomic E-state index is 12.2. The van der Waals surface area contributed by atoms with Crippen LogP contribution in [0.4, 0.5) is 5.69 Å². The van der Waals surface area contributed by atoms with Gasteiger partial charge in [0.25, 0.3) is 11.6 Å². The second-order valence-electron chi connectivity index (χ2n) is 4.92. The molecule has 0 aromatic heterocycles. The third-order valence-corrected chi connectivity index (χ3v) is 3.45. The molecule has 26 heavy (non-hydrogen) atoms. The van der Waals surface area contributed by atoms with Crippen LogP contribution in [0, 0.1) is 10.1 Å². The lowest BCUT2D eigenvalue weighted by atomic mass is 10.1. The Balaban J connectivity index is 2.27. The highest BCUT2D eigenvalue weighted by Crippen LogP contribution is 2.33. The zero-order chi connectivity index (χ0) is 19.1. The van der Waals surface area contributed by atoms with Crippen molar-refractivity contribution in [3.05, 3.63) is 57.6 Å². The van der Waals surface area contributed by atoms with Crippen molar-refractivity contribution in [2.45, 2.75) is 0 Å². The van der Waals surface area contributed by atoms with Gasteiger partial charge in [0, 0.05) is 0 Å². The average molecular weight is 359 g/mol. The number of hydrogen-bond acceptors (Lipinski definition) is 7. The third-order valence-electron chi connectivity index (χ3n) is 3.45. The number of para-hydroxylation sites is 1. The second-order valence-corrected chi connectivity index (χ2v) is 4.92. The first kappa shape index (κ1) is 18.7. The van der Waals surface area contributed by atoms with Crippen LogP contribution in [-0.4, -0.2) is 38.4 Å². The minimum Gasteiger partial charge on any atom is -0.496 e. The highest BCUT2D eigenvalue weighted by Gasteiger charge is 2.18. The molecule has 0 radical (unpaired) electrons. The van der Waals surface area contributed by atoms with Crippen LogP contribution in [0.5, 0.6) is 17.2 Å². The summed E-state index contributed by atoms with van der Waals surface area (Å²) in [6, 6.07) is 9.24. The molecule has 0 fully saturated rings. The Morgan fingerprint density at radius 2 is 1.69 bits per heavy atom. The van der Waals surface area contributed by atoms with E-state index in [9.17, 15) is 14.9 Å². The number of nitro groups is 1. The maximum Gasteiger partial charge on any atom is 0.282 e. The van der Waals surface area contributed by atoms with E-state index in [4.69, 9.17) is 14.2 Å². The van der Waals surface area contributed by atoms with Crippen molar-refractivity contribution in [1.82, 2.24) is 5.43 Å². The molecule has 0 saturated carbocycles. The number of benzene rings is 2. The van der Waals surface area contributed by atoms with E-state index in [0.29, 0.717) is 11.5 Å². The van der Waals surface area contributed by atoms with Crippen molar-refractivity contribution in [3.63, 3.8) is 0 Å². The van der Waals surface area contributed by atoms with Crippen molar-refractivity contribution in [1.29, 1.82) is 0 Å². The molecular formula is C17H17N3O6. The van der Waals surface area contributed by atoms with Gasteiger partial charge in [-0.25, -0.2) is 5.43 Å². The van der Waals surface area contributed by atoms with E-state index in [1.54, 1.807) is 24.3 Å². The Kier molecular flexibility index (Phi) is 6.10. The smallest absolute Gasteiger partial charge is 0.282 e. The molecule has 0 aliphatic heterocycles. The Hall–Kier alpha value is -3.62. The van der Waals surface area contributed by atoms with E-state index < -0.39 is 10.8 Å². The summed E-state index contributed by atoms with van der Waals surface area (Å²) in [7, 11) is 4.24. The van der Waals surface area contributed by atoms with Gasteiger partial charge < -0.3 is 14.2 Å². The summed E-state index contributed by atoms with van der Waals surface area (Å²) in [6.45, 7) is 0. The predicted molar refractivity (Wildman–Crippen MR) is 94.3 cm³/mol. The number of methoxy groups -OCH3 is 3. The molecule has 0 atom stereocenters. The molecule has 1 N–H and O–H groups in total. The summed E-state index contributed by atoms with van der Waals surface area (Å²) in [5, 5.41) is 15.0. The van der Waals surface area contributed by atoms with E-state index in [1.807, 2.05) is 0 Å². The number of amides is 1. The Morgan fingerprint density at radius 1 is 1.08 bits per heavy atom. The quantitative estimate of drug-likeness (QED) is 0.461. The molecule has 2 aromatic rings. The molecule has 0 aliphatic carbocycles. The van der Waals surface area contributed by atoms with Gasteiger partial charge in [-0.2, -0.15) is 5.10 Å². The first-order chi connectivity index (χ1) is 12.5. The first-order valence-corrected chi connectivity index (χ1v) is 7.38. The third kappa shape index (κ3) is 4.07. The SMILES string of the molecule is COc1cc(C=NNC(=O)c2ccccc2OC)c([N+](=O)[O-])cc1OC. The highest BCUT2D eigenvalue weighted by molar-refractivity contribution is 5.97. The number of hydrazone groups is 1. The number of carbonyl (C=O) groups is 1. The molecule has 1 amide bonds. The number of rotatable bonds is 7. The van der Waals surface area contributed by atoms with Gasteiger partial charge in [-0.05, 0) is 18.2 Å². The van der Waals surface area contributed by atoms with Gasteiger partial charge in [-0.1, -0.05) is 12.1 Å². The summed E-state index contributed by atoms with van der Waals surface area (Å²) in [5.41, 5.74) is 2.50. The lowest BCUT2D eigenvalue weighted by molar-refractivity contribution is -0.385. The molecule has 0 saturated heterocycles. The van der Waals surface area contributed by atoms with Gasteiger partial charge in [0.15, 0.2) is 11.5 Å². The van der Waals surface area contributed by atoms with Gasteiger partial charge in [0.2, 0.25) is 0 Å². The largest absolute Gasteiger partial charge is 0.496 e. The maximum atomic E-state index is 12.2. The minimum atomic E-state index is -0.578. The number of nitro benzene ring substituents is 1. The van der Waals surface area contributed by atoms with Gasteiger partial charge >= 0.3 is 0 Å². The fourth-order valence-electron chi connectivity index (χ4n) is 2.20. The van der Waals surface area contributed by atoms with E-state index >= 15 is 0 Å². The molecule has 0 heterocycles. The van der Waals surface area contributed by atoms with E-state index in [-0.39, 0.29) is 22.6 Å². The zero-order valence-corrected chi connectivity index (χ0v) is 14.4. The van der Waals surface area contributed by atoms with Gasteiger partial charge in [-0.15, -0.1) is 0 Å². The van der Waals surface area contributed by atoms with Crippen LogP contribution < -0.4 is 19.6 Å². The lowest BCUT2D eigenvalue weighted by Gasteiger charge is -2.08. The molecule has 2 rings (SSSR count). The number of hydrogen-bond donors (Lipinski definition) is 1. The Morgan fingerprint density at radius 3 is 2.31 bits per heavy atom. The normalized spacial score (nSPS) is 10.4. The molecule has 0 bridgehead atoms. The molecule has 0 spiro atoms. The van der Waals surface area contributed by atoms with E-state index in [0.717, 1.165) is 6.21 Å². The topological polar surface area (TPSA) is 112 Å². The number of nitrogens with one attached hydrogen (secondary N) is 1.